The van der Waals surface area contributed by atoms with Crippen molar-refractivity contribution in [3.63, 3.8) is 0 Å². The van der Waals surface area contributed by atoms with E-state index in [0.717, 1.165) is 12.8 Å². The molecule has 1 unspecified atom stereocenters. The van der Waals surface area contributed by atoms with Gasteiger partial charge in [0.25, 0.3) is 0 Å². The number of aryl methyl sites for hydroxylation is 3. The lowest BCUT2D eigenvalue weighted by Crippen LogP contribution is -2.18. The minimum Gasteiger partial charge on any atom is -0.313 e. The molecule has 0 aliphatic carbocycles. The fourth-order valence-electron chi connectivity index (χ4n) is 2.29. The Hall–Kier alpha value is -1.12. The van der Waals surface area contributed by atoms with Crippen molar-refractivity contribution in [2.75, 3.05) is 7.05 Å². The van der Waals surface area contributed by atoms with E-state index >= 15 is 0 Å². The van der Waals surface area contributed by atoms with Crippen LogP contribution in [-0.4, -0.2) is 7.05 Å². The molecule has 1 aromatic carbocycles. The highest BCUT2D eigenvalue weighted by molar-refractivity contribution is 7.11. The maximum atomic E-state index is 3.45. The lowest BCUT2D eigenvalue weighted by molar-refractivity contribution is 0.596. The van der Waals surface area contributed by atoms with E-state index in [1.54, 1.807) is 0 Å². The Morgan fingerprint density at radius 3 is 2.37 bits per heavy atom. The van der Waals surface area contributed by atoms with Crippen molar-refractivity contribution in [3.05, 3.63) is 56.8 Å². The van der Waals surface area contributed by atoms with Crippen LogP contribution in [0.1, 0.15) is 39.4 Å². The first-order valence-corrected chi connectivity index (χ1v) is 7.77. The van der Waals surface area contributed by atoms with E-state index in [4.69, 9.17) is 0 Å². The molecule has 1 heterocycles. The summed E-state index contributed by atoms with van der Waals surface area (Å²) in [7, 11) is 2.05. The van der Waals surface area contributed by atoms with Crippen molar-refractivity contribution in [1.82, 2.24) is 5.32 Å². The summed E-state index contributed by atoms with van der Waals surface area (Å²) in [5, 5.41) is 3.45. The number of nitrogens with one attached hydrogen (secondary N) is 1. The van der Waals surface area contributed by atoms with E-state index in [-0.39, 0.29) is 0 Å². The van der Waals surface area contributed by atoms with Crippen LogP contribution in [0.3, 0.4) is 0 Å². The number of hydrogen-bond acceptors (Lipinski definition) is 2. The van der Waals surface area contributed by atoms with E-state index in [0.29, 0.717) is 6.04 Å². The standard InChI is InChI=1S/C17H23NS/c1-5-15-8-9-16(19-15)11-17(18-4)14-7-6-12(2)13(3)10-14/h6-10,17-18H,5,11H2,1-4H3. The second kappa shape index (κ2) is 6.36. The predicted octanol–water partition coefficient (Wildman–Crippen LogP) is 4.43. The Morgan fingerprint density at radius 1 is 1.05 bits per heavy atom. The van der Waals surface area contributed by atoms with Gasteiger partial charge in [0, 0.05) is 22.2 Å². The van der Waals surface area contributed by atoms with Crippen molar-refractivity contribution < 1.29 is 0 Å². The fraction of sp³-hybridized carbons (Fsp3) is 0.412. The van der Waals surface area contributed by atoms with Gasteiger partial charge in [-0.1, -0.05) is 25.1 Å². The summed E-state index contributed by atoms with van der Waals surface area (Å²) in [4.78, 5) is 2.94. The Kier molecular flexibility index (Phi) is 4.78. The molecular weight excluding hydrogens is 250 g/mol. The molecule has 0 amide bonds. The number of hydrogen-bond donors (Lipinski definition) is 1. The first kappa shape index (κ1) is 14.3. The van der Waals surface area contributed by atoms with Gasteiger partial charge in [0.15, 0.2) is 0 Å². The average molecular weight is 273 g/mol. The molecule has 19 heavy (non-hydrogen) atoms. The molecule has 2 heteroatoms. The lowest BCUT2D eigenvalue weighted by Gasteiger charge is -2.17. The molecule has 1 N–H and O–H groups in total. The van der Waals surface area contributed by atoms with Gasteiger partial charge in [-0.15, -0.1) is 11.3 Å². The van der Waals surface area contributed by atoms with Crippen LogP contribution in [0.2, 0.25) is 0 Å². The van der Waals surface area contributed by atoms with Crippen molar-refractivity contribution in [1.29, 1.82) is 0 Å². The van der Waals surface area contributed by atoms with Crippen molar-refractivity contribution in [2.24, 2.45) is 0 Å². The Labute approximate surface area is 120 Å². The lowest BCUT2D eigenvalue weighted by atomic mass is 9.98. The third kappa shape index (κ3) is 3.46. The minimum absolute atomic E-state index is 0.405. The van der Waals surface area contributed by atoms with Crippen LogP contribution in [0.15, 0.2) is 30.3 Å². The smallest absolute Gasteiger partial charge is 0.0366 e. The second-order valence-electron chi connectivity index (χ2n) is 5.11. The first-order chi connectivity index (χ1) is 9.13. The van der Waals surface area contributed by atoms with Crippen LogP contribution < -0.4 is 5.32 Å². The topological polar surface area (TPSA) is 12.0 Å². The zero-order chi connectivity index (χ0) is 13.8. The largest absolute Gasteiger partial charge is 0.313 e. The molecule has 0 saturated heterocycles. The molecular formula is C17H23NS. The van der Waals surface area contributed by atoms with E-state index in [2.05, 4.69) is 56.4 Å². The minimum atomic E-state index is 0.405. The van der Waals surface area contributed by atoms with Gasteiger partial charge < -0.3 is 5.32 Å². The molecule has 1 aromatic heterocycles. The summed E-state index contributed by atoms with van der Waals surface area (Å²) in [5.74, 6) is 0. The van der Waals surface area contributed by atoms with Crippen molar-refractivity contribution >= 4 is 11.3 Å². The van der Waals surface area contributed by atoms with Gasteiger partial charge in [0.05, 0.1) is 0 Å². The molecule has 102 valence electrons. The van der Waals surface area contributed by atoms with Crippen LogP contribution in [0, 0.1) is 13.8 Å². The maximum Gasteiger partial charge on any atom is 0.0366 e. The van der Waals surface area contributed by atoms with Gasteiger partial charge in [-0.25, -0.2) is 0 Å². The van der Waals surface area contributed by atoms with Crippen LogP contribution in [-0.2, 0) is 12.8 Å². The number of rotatable bonds is 5. The van der Waals surface area contributed by atoms with Gasteiger partial charge in [0.1, 0.15) is 0 Å². The molecule has 1 nitrogen and oxygen atoms in total. The third-order valence-electron chi connectivity index (χ3n) is 3.75. The normalized spacial score (nSPS) is 12.6. The van der Waals surface area contributed by atoms with Gasteiger partial charge in [0.2, 0.25) is 0 Å². The predicted molar refractivity (Wildman–Crippen MR) is 85.1 cm³/mol. The Balaban J connectivity index is 2.17. The Morgan fingerprint density at radius 2 is 1.79 bits per heavy atom. The van der Waals surface area contributed by atoms with Crippen LogP contribution in [0.5, 0.6) is 0 Å². The molecule has 0 radical (unpaired) electrons. The highest BCUT2D eigenvalue weighted by atomic mass is 32.1. The molecule has 2 rings (SSSR count). The SMILES string of the molecule is CCc1ccc(CC(NC)c2ccc(C)c(C)c2)s1. The second-order valence-corrected chi connectivity index (χ2v) is 6.36. The van der Waals surface area contributed by atoms with E-state index in [9.17, 15) is 0 Å². The fourth-order valence-corrected chi connectivity index (χ4v) is 3.29. The van der Waals surface area contributed by atoms with Gasteiger partial charge >= 0.3 is 0 Å². The number of thiophene rings is 1. The van der Waals surface area contributed by atoms with Crippen molar-refractivity contribution in [2.45, 2.75) is 39.7 Å². The highest BCUT2D eigenvalue weighted by Crippen LogP contribution is 2.25. The van der Waals surface area contributed by atoms with Crippen LogP contribution in [0.4, 0.5) is 0 Å². The third-order valence-corrected chi connectivity index (χ3v) is 5.00. The van der Waals surface area contributed by atoms with Crippen LogP contribution in [0.25, 0.3) is 0 Å². The zero-order valence-corrected chi connectivity index (χ0v) is 13.1. The van der Waals surface area contributed by atoms with E-state index in [1.165, 1.54) is 26.4 Å². The summed E-state index contributed by atoms with van der Waals surface area (Å²) in [6, 6.07) is 11.7. The average Bonchev–Trinajstić information content (AvgIpc) is 2.87. The van der Waals surface area contributed by atoms with Crippen LogP contribution >= 0.6 is 11.3 Å². The van der Waals surface area contributed by atoms with Gasteiger partial charge in [-0.05, 0) is 56.1 Å². The zero-order valence-electron chi connectivity index (χ0n) is 12.3. The highest BCUT2D eigenvalue weighted by Gasteiger charge is 2.12. The monoisotopic (exact) mass is 273 g/mol. The van der Waals surface area contributed by atoms with Gasteiger partial charge in [-0.3, -0.25) is 0 Å². The summed E-state index contributed by atoms with van der Waals surface area (Å²) in [6.07, 6.45) is 2.21. The van der Waals surface area contributed by atoms with Crippen molar-refractivity contribution in [3.8, 4) is 0 Å². The molecule has 0 fully saturated rings. The van der Waals surface area contributed by atoms with E-state index < -0.39 is 0 Å². The molecule has 2 aromatic rings. The summed E-state index contributed by atoms with van der Waals surface area (Å²) in [6.45, 7) is 6.57. The molecule has 0 bridgehead atoms. The van der Waals surface area contributed by atoms with E-state index in [1.807, 2.05) is 18.4 Å². The number of benzene rings is 1. The Bertz CT molecular complexity index is 542. The first-order valence-electron chi connectivity index (χ1n) is 6.96. The molecule has 0 spiro atoms. The summed E-state index contributed by atoms with van der Waals surface area (Å²) in [5.41, 5.74) is 4.12. The van der Waals surface area contributed by atoms with Gasteiger partial charge in [-0.2, -0.15) is 0 Å². The number of likely N-dealkylation sites (N-methyl/N-ethyl adjacent to an activating group) is 1. The quantitative estimate of drug-likeness (QED) is 0.849. The maximum absolute atomic E-state index is 3.45. The summed E-state index contributed by atoms with van der Waals surface area (Å²) < 4.78 is 0. The molecule has 1 atom stereocenters. The molecule has 0 aliphatic rings. The molecule has 0 aliphatic heterocycles. The molecule has 0 saturated carbocycles. The summed E-state index contributed by atoms with van der Waals surface area (Å²) >= 11 is 1.94.